The monoisotopic (exact) mass is 413 g/mol. The van der Waals surface area contributed by atoms with Gasteiger partial charge in [0, 0.05) is 19.1 Å². The van der Waals surface area contributed by atoms with E-state index < -0.39 is 34.5 Å². The van der Waals surface area contributed by atoms with E-state index in [0.29, 0.717) is 13.2 Å². The van der Waals surface area contributed by atoms with Crippen molar-refractivity contribution in [3.05, 3.63) is 29.8 Å². The summed E-state index contributed by atoms with van der Waals surface area (Å²) in [4.78, 5) is 35.1. The van der Waals surface area contributed by atoms with Crippen molar-refractivity contribution in [3.8, 4) is 0 Å². The Morgan fingerprint density at radius 1 is 1.21 bits per heavy atom. The van der Waals surface area contributed by atoms with E-state index in [1.807, 2.05) is 5.32 Å². The number of ether oxygens (including phenoxy) is 2. The molecule has 28 heavy (non-hydrogen) atoms. The third-order valence-corrected chi connectivity index (χ3v) is 5.58. The summed E-state index contributed by atoms with van der Waals surface area (Å²) in [5, 5.41) is 4.47. The highest BCUT2D eigenvalue weighted by atomic mass is 32.2. The maximum atomic E-state index is 12.6. The Balaban J connectivity index is 1.98. The van der Waals surface area contributed by atoms with Crippen molar-refractivity contribution in [3.63, 3.8) is 0 Å². The Labute approximate surface area is 163 Å². The molecule has 2 N–H and O–H groups in total. The van der Waals surface area contributed by atoms with E-state index in [1.165, 1.54) is 28.6 Å². The summed E-state index contributed by atoms with van der Waals surface area (Å²) >= 11 is 0. The highest BCUT2D eigenvalue weighted by Crippen LogP contribution is 2.18. The number of esters is 1. The van der Waals surface area contributed by atoms with Gasteiger partial charge in [0.25, 0.3) is 5.91 Å². The van der Waals surface area contributed by atoms with Crippen LogP contribution in [0.2, 0.25) is 0 Å². The maximum Gasteiger partial charge on any atom is 0.338 e. The Bertz CT molecular complexity index is 833. The summed E-state index contributed by atoms with van der Waals surface area (Å²) in [6, 6.07) is 4.51. The van der Waals surface area contributed by atoms with E-state index in [4.69, 9.17) is 9.47 Å². The van der Waals surface area contributed by atoms with Crippen molar-refractivity contribution in [2.75, 3.05) is 32.9 Å². The van der Waals surface area contributed by atoms with Gasteiger partial charge in [0.2, 0.25) is 10.0 Å². The van der Waals surface area contributed by atoms with Crippen LogP contribution in [0.1, 0.15) is 24.2 Å². The molecule has 0 atom stereocenters. The van der Waals surface area contributed by atoms with Crippen LogP contribution in [0.15, 0.2) is 29.2 Å². The minimum atomic E-state index is -3.76. The summed E-state index contributed by atoms with van der Waals surface area (Å²) in [7, 11) is -3.76. The molecule has 0 aliphatic carbocycles. The molecule has 1 aromatic rings. The number of nitrogens with one attached hydrogen (secondary N) is 2. The lowest BCUT2D eigenvalue weighted by molar-refractivity contribution is -0.123. The van der Waals surface area contributed by atoms with Gasteiger partial charge in [-0.3, -0.25) is 10.1 Å². The first-order valence-electron chi connectivity index (χ1n) is 8.65. The number of sulfonamides is 1. The van der Waals surface area contributed by atoms with Crippen LogP contribution in [0.3, 0.4) is 0 Å². The second-order valence-corrected chi connectivity index (χ2v) is 8.23. The Morgan fingerprint density at radius 3 is 2.54 bits per heavy atom. The number of morpholine rings is 1. The molecule has 1 aromatic carbocycles. The second kappa shape index (κ2) is 9.62. The number of urea groups is 1. The summed E-state index contributed by atoms with van der Waals surface area (Å²) in [5.41, 5.74) is -0.0197. The molecule has 0 aromatic heterocycles. The summed E-state index contributed by atoms with van der Waals surface area (Å²) in [5.74, 6) is -1.68. The fraction of sp³-hybridized carbons (Fsp3) is 0.471. The van der Waals surface area contributed by atoms with E-state index in [2.05, 4.69) is 5.32 Å². The molecular formula is C17H23N3O7S. The number of carbonyl (C=O) groups excluding carboxylic acids is 3. The number of nitrogens with zero attached hydrogens (tertiary/aromatic N) is 1. The van der Waals surface area contributed by atoms with Crippen LogP contribution in [0.4, 0.5) is 4.79 Å². The number of hydrogen-bond acceptors (Lipinski definition) is 7. The van der Waals surface area contributed by atoms with Crippen LogP contribution in [-0.2, 0) is 24.3 Å². The van der Waals surface area contributed by atoms with Crippen LogP contribution in [0.5, 0.6) is 0 Å². The number of carbonyl (C=O) groups is 3. The van der Waals surface area contributed by atoms with E-state index in [1.54, 1.807) is 13.8 Å². The summed E-state index contributed by atoms with van der Waals surface area (Å²) in [6.07, 6.45) is 0. The fourth-order valence-corrected chi connectivity index (χ4v) is 3.85. The zero-order valence-electron chi connectivity index (χ0n) is 15.6. The number of amides is 3. The van der Waals surface area contributed by atoms with Gasteiger partial charge < -0.3 is 14.8 Å². The first-order chi connectivity index (χ1) is 13.2. The Kier molecular flexibility index (Phi) is 7.49. The molecule has 0 unspecified atom stereocenters. The molecule has 2 rings (SSSR count). The Hall–Kier alpha value is -2.50. The van der Waals surface area contributed by atoms with E-state index in [9.17, 15) is 22.8 Å². The second-order valence-electron chi connectivity index (χ2n) is 6.30. The van der Waals surface area contributed by atoms with Crippen molar-refractivity contribution in [2.24, 2.45) is 0 Å². The van der Waals surface area contributed by atoms with Crippen LogP contribution in [0, 0.1) is 0 Å². The zero-order valence-corrected chi connectivity index (χ0v) is 16.5. The molecule has 3 amide bonds. The Morgan fingerprint density at radius 2 is 1.89 bits per heavy atom. The molecule has 0 spiro atoms. The summed E-state index contributed by atoms with van der Waals surface area (Å²) < 4.78 is 36.6. The quantitative estimate of drug-likeness (QED) is 0.632. The highest BCUT2D eigenvalue weighted by Gasteiger charge is 2.27. The van der Waals surface area contributed by atoms with E-state index in [0.717, 1.165) is 0 Å². The van der Waals surface area contributed by atoms with Gasteiger partial charge in [-0.25, -0.2) is 18.0 Å². The standard InChI is InChI=1S/C17H23N3O7S/c1-12(2)18-17(23)19-15(21)11-27-16(22)13-4-3-5-14(10-13)28(24,25)20-6-8-26-9-7-20/h3-5,10,12H,6-9,11H2,1-2H3,(H2,18,19,21,23). The van der Waals surface area contributed by atoms with Gasteiger partial charge in [0.05, 0.1) is 23.7 Å². The molecule has 0 radical (unpaired) electrons. The lowest BCUT2D eigenvalue weighted by atomic mass is 10.2. The minimum absolute atomic E-state index is 0.0197. The maximum absolute atomic E-state index is 12.6. The molecule has 154 valence electrons. The number of hydrogen-bond donors (Lipinski definition) is 2. The predicted molar refractivity (Wildman–Crippen MR) is 98.1 cm³/mol. The van der Waals surface area contributed by atoms with E-state index in [-0.39, 0.29) is 29.6 Å². The molecule has 1 heterocycles. The van der Waals surface area contributed by atoms with Gasteiger partial charge in [-0.05, 0) is 32.0 Å². The zero-order chi connectivity index (χ0) is 20.7. The lowest BCUT2D eigenvalue weighted by Crippen LogP contribution is -2.44. The van der Waals surface area contributed by atoms with Gasteiger partial charge in [0.15, 0.2) is 6.61 Å². The van der Waals surface area contributed by atoms with Crippen molar-refractivity contribution in [2.45, 2.75) is 24.8 Å². The largest absolute Gasteiger partial charge is 0.452 e. The third kappa shape index (κ3) is 6.01. The average molecular weight is 413 g/mol. The van der Waals surface area contributed by atoms with Crippen LogP contribution in [0.25, 0.3) is 0 Å². The third-order valence-electron chi connectivity index (χ3n) is 3.68. The average Bonchev–Trinajstić information content (AvgIpc) is 2.66. The number of rotatable bonds is 6. The van der Waals surface area contributed by atoms with Crippen molar-refractivity contribution in [1.29, 1.82) is 0 Å². The lowest BCUT2D eigenvalue weighted by Gasteiger charge is -2.26. The molecule has 1 saturated heterocycles. The predicted octanol–water partition coefficient (Wildman–Crippen LogP) is 0.0985. The minimum Gasteiger partial charge on any atom is -0.452 e. The molecular weight excluding hydrogens is 390 g/mol. The first-order valence-corrected chi connectivity index (χ1v) is 10.1. The van der Waals surface area contributed by atoms with Crippen molar-refractivity contribution in [1.82, 2.24) is 14.9 Å². The fourth-order valence-electron chi connectivity index (χ4n) is 2.39. The molecule has 10 nitrogen and oxygen atoms in total. The first kappa shape index (κ1) is 21.8. The number of imide groups is 1. The van der Waals surface area contributed by atoms with Crippen LogP contribution in [-0.4, -0.2) is 69.6 Å². The van der Waals surface area contributed by atoms with Gasteiger partial charge in [-0.1, -0.05) is 6.07 Å². The van der Waals surface area contributed by atoms with Gasteiger partial charge in [0.1, 0.15) is 0 Å². The molecule has 0 saturated carbocycles. The topological polar surface area (TPSA) is 131 Å². The summed E-state index contributed by atoms with van der Waals surface area (Å²) in [6.45, 7) is 3.85. The van der Waals surface area contributed by atoms with Crippen LogP contribution >= 0.6 is 0 Å². The van der Waals surface area contributed by atoms with Gasteiger partial charge in [-0.2, -0.15) is 4.31 Å². The van der Waals surface area contributed by atoms with Gasteiger partial charge in [-0.15, -0.1) is 0 Å². The van der Waals surface area contributed by atoms with Gasteiger partial charge >= 0.3 is 12.0 Å². The SMILES string of the molecule is CC(C)NC(=O)NC(=O)COC(=O)c1cccc(S(=O)(=O)N2CCOCC2)c1. The smallest absolute Gasteiger partial charge is 0.338 e. The molecule has 11 heteroatoms. The van der Waals surface area contributed by atoms with Crippen LogP contribution < -0.4 is 10.6 Å². The number of benzene rings is 1. The molecule has 0 bridgehead atoms. The van der Waals surface area contributed by atoms with Crippen molar-refractivity contribution < 1.29 is 32.3 Å². The normalized spacial score (nSPS) is 15.1. The van der Waals surface area contributed by atoms with E-state index >= 15 is 0 Å². The molecule has 1 aliphatic heterocycles. The highest BCUT2D eigenvalue weighted by molar-refractivity contribution is 7.89. The van der Waals surface area contributed by atoms with Crippen molar-refractivity contribution >= 4 is 27.9 Å². The molecule has 1 aliphatic rings. The molecule has 1 fully saturated rings.